The predicted molar refractivity (Wildman–Crippen MR) is 74.4 cm³/mol. The fraction of sp³-hybridized carbons (Fsp3) is 0.714. The van der Waals surface area contributed by atoms with Gasteiger partial charge in [0.1, 0.15) is 6.04 Å². The standard InChI is InChI=1S/C14H25N3O2/c1-4-5-6-7-8-11(2)19-14(18)13(15)12-9-16-17(3)10-12/h9-11,13H,4-8,15H2,1-3H3. The first kappa shape index (κ1) is 15.7. The van der Waals surface area contributed by atoms with Crippen molar-refractivity contribution in [3.63, 3.8) is 0 Å². The van der Waals surface area contributed by atoms with Gasteiger partial charge in [-0.3, -0.25) is 4.68 Å². The maximum absolute atomic E-state index is 11.9. The molecule has 0 aliphatic carbocycles. The van der Waals surface area contributed by atoms with Crippen molar-refractivity contribution in [1.82, 2.24) is 9.78 Å². The van der Waals surface area contributed by atoms with Crippen LogP contribution in [-0.4, -0.2) is 21.9 Å². The van der Waals surface area contributed by atoms with E-state index in [9.17, 15) is 4.79 Å². The molecule has 0 radical (unpaired) electrons. The second-order valence-corrected chi connectivity index (χ2v) is 5.02. The van der Waals surface area contributed by atoms with Crippen LogP contribution in [0, 0.1) is 0 Å². The molecule has 0 bridgehead atoms. The molecule has 5 heteroatoms. The van der Waals surface area contributed by atoms with Gasteiger partial charge >= 0.3 is 5.97 Å². The summed E-state index contributed by atoms with van der Waals surface area (Å²) in [5.74, 6) is -0.379. The summed E-state index contributed by atoms with van der Waals surface area (Å²) >= 11 is 0. The number of unbranched alkanes of at least 4 members (excludes halogenated alkanes) is 3. The number of ether oxygens (including phenoxy) is 1. The molecule has 1 rings (SSSR count). The Bertz CT molecular complexity index is 390. The molecule has 1 aromatic heterocycles. The summed E-state index contributed by atoms with van der Waals surface area (Å²) in [7, 11) is 1.79. The lowest BCUT2D eigenvalue weighted by atomic mass is 10.1. The largest absolute Gasteiger partial charge is 0.461 e. The van der Waals surface area contributed by atoms with Crippen LogP contribution in [0.3, 0.4) is 0 Å². The van der Waals surface area contributed by atoms with Crippen LogP contribution in [0.2, 0.25) is 0 Å². The second-order valence-electron chi connectivity index (χ2n) is 5.02. The van der Waals surface area contributed by atoms with E-state index in [2.05, 4.69) is 12.0 Å². The van der Waals surface area contributed by atoms with Crippen molar-refractivity contribution in [2.75, 3.05) is 0 Å². The molecule has 0 saturated heterocycles. The Morgan fingerprint density at radius 3 is 2.79 bits per heavy atom. The highest BCUT2D eigenvalue weighted by atomic mass is 16.5. The van der Waals surface area contributed by atoms with E-state index < -0.39 is 6.04 Å². The number of aryl methyl sites for hydroxylation is 1. The second kappa shape index (κ2) is 7.94. The van der Waals surface area contributed by atoms with E-state index in [1.807, 2.05) is 6.92 Å². The number of hydrogen-bond acceptors (Lipinski definition) is 4. The first-order valence-electron chi connectivity index (χ1n) is 6.99. The molecule has 0 aliphatic heterocycles. The van der Waals surface area contributed by atoms with Crippen molar-refractivity contribution >= 4 is 5.97 Å². The Morgan fingerprint density at radius 2 is 2.21 bits per heavy atom. The SMILES string of the molecule is CCCCCCC(C)OC(=O)C(N)c1cnn(C)c1. The number of nitrogens with zero attached hydrogens (tertiary/aromatic N) is 2. The lowest BCUT2D eigenvalue weighted by Crippen LogP contribution is -2.26. The normalized spacial score (nSPS) is 14.1. The Labute approximate surface area is 115 Å². The third kappa shape index (κ3) is 5.42. The molecule has 19 heavy (non-hydrogen) atoms. The van der Waals surface area contributed by atoms with E-state index in [1.54, 1.807) is 24.1 Å². The number of carbonyl (C=O) groups is 1. The molecular weight excluding hydrogens is 242 g/mol. The van der Waals surface area contributed by atoms with Crippen LogP contribution in [0.1, 0.15) is 57.6 Å². The van der Waals surface area contributed by atoms with Gasteiger partial charge in [0.2, 0.25) is 0 Å². The highest BCUT2D eigenvalue weighted by molar-refractivity contribution is 5.77. The summed E-state index contributed by atoms with van der Waals surface area (Å²) < 4.78 is 6.98. The number of aromatic nitrogens is 2. The van der Waals surface area contributed by atoms with Crippen molar-refractivity contribution in [2.45, 2.75) is 58.1 Å². The van der Waals surface area contributed by atoms with Gasteiger partial charge in [-0.15, -0.1) is 0 Å². The van der Waals surface area contributed by atoms with Crippen LogP contribution in [0.25, 0.3) is 0 Å². The molecule has 1 heterocycles. The Hall–Kier alpha value is -1.36. The van der Waals surface area contributed by atoms with Gasteiger partial charge in [0.15, 0.2) is 0 Å². The van der Waals surface area contributed by atoms with Gasteiger partial charge in [-0.05, 0) is 19.8 Å². The number of hydrogen-bond donors (Lipinski definition) is 1. The average molecular weight is 267 g/mol. The summed E-state index contributed by atoms with van der Waals surface area (Å²) in [4.78, 5) is 11.9. The summed E-state index contributed by atoms with van der Waals surface area (Å²) in [5.41, 5.74) is 6.53. The maximum Gasteiger partial charge on any atom is 0.327 e. The Balaban J connectivity index is 2.33. The van der Waals surface area contributed by atoms with Gasteiger partial charge in [0, 0.05) is 18.8 Å². The lowest BCUT2D eigenvalue weighted by molar-refractivity contribution is -0.150. The van der Waals surface area contributed by atoms with Crippen LogP contribution in [0.15, 0.2) is 12.4 Å². The molecule has 0 aromatic carbocycles. The van der Waals surface area contributed by atoms with E-state index in [4.69, 9.17) is 10.5 Å². The third-order valence-corrected chi connectivity index (χ3v) is 3.12. The molecule has 0 amide bonds. The minimum atomic E-state index is -0.744. The van der Waals surface area contributed by atoms with Crippen molar-refractivity contribution < 1.29 is 9.53 Å². The number of rotatable bonds is 8. The average Bonchev–Trinajstić information content (AvgIpc) is 2.80. The number of nitrogens with two attached hydrogens (primary N) is 1. The molecule has 2 N–H and O–H groups in total. The zero-order chi connectivity index (χ0) is 14.3. The minimum absolute atomic E-state index is 0.0768. The van der Waals surface area contributed by atoms with E-state index in [1.165, 1.54) is 19.3 Å². The molecule has 2 atom stereocenters. The van der Waals surface area contributed by atoms with Crippen molar-refractivity contribution in [3.8, 4) is 0 Å². The van der Waals surface area contributed by atoms with Crippen LogP contribution in [-0.2, 0) is 16.6 Å². The summed E-state index contributed by atoms with van der Waals surface area (Å²) in [6.07, 6.45) is 8.86. The Morgan fingerprint density at radius 1 is 1.47 bits per heavy atom. The highest BCUT2D eigenvalue weighted by Gasteiger charge is 2.20. The molecule has 2 unspecified atom stereocenters. The topological polar surface area (TPSA) is 70.1 Å². The van der Waals surface area contributed by atoms with Gasteiger partial charge in [-0.2, -0.15) is 5.10 Å². The number of carbonyl (C=O) groups excluding carboxylic acids is 1. The van der Waals surface area contributed by atoms with Crippen LogP contribution < -0.4 is 5.73 Å². The fourth-order valence-electron chi connectivity index (χ4n) is 1.93. The molecule has 0 fully saturated rings. The lowest BCUT2D eigenvalue weighted by Gasteiger charge is -2.16. The molecule has 5 nitrogen and oxygen atoms in total. The predicted octanol–water partition coefficient (Wildman–Crippen LogP) is 2.32. The fourth-order valence-corrected chi connectivity index (χ4v) is 1.93. The molecule has 1 aromatic rings. The van der Waals surface area contributed by atoms with Crippen molar-refractivity contribution in [2.24, 2.45) is 12.8 Å². The summed E-state index contributed by atoms with van der Waals surface area (Å²) in [6.45, 7) is 4.09. The highest BCUT2D eigenvalue weighted by Crippen LogP contribution is 2.14. The van der Waals surface area contributed by atoms with E-state index in [0.717, 1.165) is 12.8 Å². The quantitative estimate of drug-likeness (QED) is 0.579. The van der Waals surface area contributed by atoms with Gasteiger partial charge in [-0.1, -0.05) is 26.2 Å². The van der Waals surface area contributed by atoms with Crippen LogP contribution in [0.5, 0.6) is 0 Å². The van der Waals surface area contributed by atoms with Crippen LogP contribution >= 0.6 is 0 Å². The van der Waals surface area contributed by atoms with Crippen LogP contribution in [0.4, 0.5) is 0 Å². The third-order valence-electron chi connectivity index (χ3n) is 3.12. The Kier molecular flexibility index (Phi) is 6.56. The zero-order valence-corrected chi connectivity index (χ0v) is 12.1. The van der Waals surface area contributed by atoms with Gasteiger partial charge < -0.3 is 10.5 Å². The molecule has 0 spiro atoms. The maximum atomic E-state index is 11.9. The zero-order valence-electron chi connectivity index (χ0n) is 12.1. The monoisotopic (exact) mass is 267 g/mol. The molecule has 0 aliphatic rings. The van der Waals surface area contributed by atoms with E-state index in [0.29, 0.717) is 5.56 Å². The summed E-state index contributed by atoms with van der Waals surface area (Å²) in [6, 6.07) is -0.744. The molecule has 0 saturated carbocycles. The first-order valence-corrected chi connectivity index (χ1v) is 6.99. The smallest absolute Gasteiger partial charge is 0.327 e. The van der Waals surface area contributed by atoms with Gasteiger partial charge in [0.05, 0.1) is 12.3 Å². The van der Waals surface area contributed by atoms with Crippen molar-refractivity contribution in [1.29, 1.82) is 0 Å². The number of esters is 1. The summed E-state index contributed by atoms with van der Waals surface area (Å²) in [5, 5.41) is 4.00. The molecule has 108 valence electrons. The van der Waals surface area contributed by atoms with E-state index in [-0.39, 0.29) is 12.1 Å². The first-order chi connectivity index (χ1) is 9.04. The van der Waals surface area contributed by atoms with E-state index >= 15 is 0 Å². The molecular formula is C14H25N3O2. The van der Waals surface area contributed by atoms with Gasteiger partial charge in [-0.25, -0.2) is 4.79 Å². The van der Waals surface area contributed by atoms with Crippen molar-refractivity contribution in [3.05, 3.63) is 18.0 Å². The minimum Gasteiger partial charge on any atom is -0.461 e. The van der Waals surface area contributed by atoms with Gasteiger partial charge in [0.25, 0.3) is 0 Å².